The van der Waals surface area contributed by atoms with Gasteiger partial charge in [0.25, 0.3) is 0 Å². The van der Waals surface area contributed by atoms with Gasteiger partial charge in [-0.15, -0.1) is 0 Å². The van der Waals surface area contributed by atoms with Crippen molar-refractivity contribution in [1.29, 1.82) is 0 Å². The molecule has 0 spiro atoms. The lowest BCUT2D eigenvalue weighted by Gasteiger charge is -2.13. The monoisotopic (exact) mass is 253 g/mol. The molecule has 1 atom stereocenters. The number of methoxy groups -OCH3 is 1. The second kappa shape index (κ2) is 4.86. The minimum Gasteiger partial charge on any atom is -0.465 e. The first-order chi connectivity index (χ1) is 9.29. The fraction of sp³-hybridized carbons (Fsp3) is 0.188. The molecule has 1 aliphatic heterocycles. The highest BCUT2D eigenvalue weighted by Gasteiger charge is 2.24. The van der Waals surface area contributed by atoms with Gasteiger partial charge >= 0.3 is 5.97 Å². The van der Waals surface area contributed by atoms with E-state index >= 15 is 0 Å². The number of carbonyl (C=O) groups excluding carboxylic acids is 1. The summed E-state index contributed by atoms with van der Waals surface area (Å²) < 4.78 is 4.78. The Balaban J connectivity index is 2.01. The predicted octanol–water partition coefficient (Wildman–Crippen LogP) is 2.67. The Morgan fingerprint density at radius 1 is 1.21 bits per heavy atom. The average molecular weight is 253 g/mol. The number of hydrogen-bond donors (Lipinski definition) is 1. The molecule has 0 aliphatic carbocycles. The van der Waals surface area contributed by atoms with E-state index in [0.29, 0.717) is 5.56 Å². The molecule has 19 heavy (non-hydrogen) atoms. The Hall–Kier alpha value is -2.13. The SMILES string of the molecule is COC(=O)c1ccc2c(c1)C(c1ccccc1)NC2. The molecule has 1 N–H and O–H groups in total. The molecule has 96 valence electrons. The molecule has 3 heteroatoms. The third-order valence-corrected chi connectivity index (χ3v) is 3.51. The lowest BCUT2D eigenvalue weighted by Crippen LogP contribution is -2.13. The van der Waals surface area contributed by atoms with Crippen molar-refractivity contribution in [2.24, 2.45) is 0 Å². The number of nitrogens with one attached hydrogen (secondary N) is 1. The zero-order valence-electron chi connectivity index (χ0n) is 10.7. The van der Waals surface area contributed by atoms with Crippen molar-refractivity contribution in [2.45, 2.75) is 12.6 Å². The molecule has 0 bridgehead atoms. The van der Waals surface area contributed by atoms with Crippen molar-refractivity contribution in [3.63, 3.8) is 0 Å². The standard InChI is InChI=1S/C16H15NO2/c1-19-16(18)12-7-8-13-10-17-15(14(13)9-12)11-5-3-2-4-6-11/h2-9,15,17H,10H2,1H3. The molecular weight excluding hydrogens is 238 g/mol. The van der Waals surface area contributed by atoms with Crippen molar-refractivity contribution in [3.05, 3.63) is 70.8 Å². The van der Waals surface area contributed by atoms with E-state index in [0.717, 1.165) is 12.1 Å². The van der Waals surface area contributed by atoms with Gasteiger partial charge in [-0.25, -0.2) is 4.79 Å². The number of carbonyl (C=O) groups is 1. The lowest BCUT2D eigenvalue weighted by molar-refractivity contribution is 0.0600. The number of rotatable bonds is 2. The topological polar surface area (TPSA) is 38.3 Å². The molecule has 3 rings (SSSR count). The molecule has 3 nitrogen and oxygen atoms in total. The average Bonchev–Trinajstić information content (AvgIpc) is 2.90. The van der Waals surface area contributed by atoms with E-state index in [-0.39, 0.29) is 12.0 Å². The predicted molar refractivity (Wildman–Crippen MR) is 72.9 cm³/mol. The van der Waals surface area contributed by atoms with Crippen LogP contribution in [0.2, 0.25) is 0 Å². The summed E-state index contributed by atoms with van der Waals surface area (Å²) in [5, 5.41) is 3.47. The van der Waals surface area contributed by atoms with Gasteiger partial charge in [0.1, 0.15) is 0 Å². The van der Waals surface area contributed by atoms with Gasteiger partial charge in [-0.3, -0.25) is 0 Å². The molecule has 0 radical (unpaired) electrons. The van der Waals surface area contributed by atoms with Gasteiger partial charge in [0, 0.05) is 6.54 Å². The maximum atomic E-state index is 11.6. The summed E-state index contributed by atoms with van der Waals surface area (Å²) in [5.74, 6) is -0.290. The van der Waals surface area contributed by atoms with E-state index in [9.17, 15) is 4.79 Å². The number of ether oxygens (including phenoxy) is 1. The van der Waals surface area contributed by atoms with Crippen LogP contribution in [0.25, 0.3) is 0 Å². The molecule has 1 heterocycles. The van der Waals surface area contributed by atoms with E-state index in [4.69, 9.17) is 4.74 Å². The van der Waals surface area contributed by atoms with Crippen LogP contribution in [-0.4, -0.2) is 13.1 Å². The summed E-state index contributed by atoms with van der Waals surface area (Å²) in [4.78, 5) is 11.6. The number of esters is 1. The minimum absolute atomic E-state index is 0.154. The van der Waals surface area contributed by atoms with Gasteiger partial charge in [0.05, 0.1) is 18.7 Å². The van der Waals surface area contributed by atoms with E-state index in [1.807, 2.05) is 36.4 Å². The summed E-state index contributed by atoms with van der Waals surface area (Å²) in [6.45, 7) is 0.830. The minimum atomic E-state index is -0.290. The van der Waals surface area contributed by atoms with Crippen molar-refractivity contribution < 1.29 is 9.53 Å². The zero-order valence-corrected chi connectivity index (χ0v) is 10.7. The van der Waals surface area contributed by atoms with E-state index in [1.54, 1.807) is 0 Å². The van der Waals surface area contributed by atoms with E-state index < -0.39 is 0 Å². The van der Waals surface area contributed by atoms with Crippen LogP contribution in [0.5, 0.6) is 0 Å². The Morgan fingerprint density at radius 3 is 2.74 bits per heavy atom. The first kappa shape index (κ1) is 11.9. The molecule has 0 saturated carbocycles. The van der Waals surface area contributed by atoms with Crippen LogP contribution in [0.1, 0.15) is 33.1 Å². The second-order valence-electron chi connectivity index (χ2n) is 4.63. The third kappa shape index (κ3) is 2.13. The van der Waals surface area contributed by atoms with Crippen LogP contribution in [0, 0.1) is 0 Å². The number of fused-ring (bicyclic) bond motifs is 1. The molecule has 2 aromatic rings. The van der Waals surface area contributed by atoms with Crippen molar-refractivity contribution in [1.82, 2.24) is 5.32 Å². The molecule has 0 amide bonds. The smallest absolute Gasteiger partial charge is 0.337 e. The molecule has 1 aliphatic rings. The Labute approximate surface area is 112 Å². The van der Waals surface area contributed by atoms with E-state index in [1.165, 1.54) is 18.2 Å². The summed E-state index contributed by atoms with van der Waals surface area (Å²) >= 11 is 0. The summed E-state index contributed by atoms with van der Waals surface area (Å²) in [5.41, 5.74) is 4.21. The molecule has 0 fully saturated rings. The lowest BCUT2D eigenvalue weighted by atomic mass is 9.96. The van der Waals surface area contributed by atoms with Gasteiger partial charge in [0.15, 0.2) is 0 Å². The number of hydrogen-bond acceptors (Lipinski definition) is 3. The Bertz CT molecular complexity index is 607. The highest BCUT2D eigenvalue weighted by Crippen LogP contribution is 2.31. The van der Waals surface area contributed by atoms with Crippen LogP contribution in [0.3, 0.4) is 0 Å². The second-order valence-corrected chi connectivity index (χ2v) is 4.63. The highest BCUT2D eigenvalue weighted by atomic mass is 16.5. The zero-order chi connectivity index (χ0) is 13.2. The molecular formula is C16H15NO2. The molecule has 1 unspecified atom stereocenters. The normalized spacial score (nSPS) is 17.0. The maximum absolute atomic E-state index is 11.6. The third-order valence-electron chi connectivity index (χ3n) is 3.51. The summed E-state index contributed by atoms with van der Waals surface area (Å²) in [6, 6.07) is 16.1. The Morgan fingerprint density at radius 2 is 2.00 bits per heavy atom. The highest BCUT2D eigenvalue weighted by molar-refractivity contribution is 5.89. The van der Waals surface area contributed by atoms with E-state index in [2.05, 4.69) is 17.4 Å². The fourth-order valence-electron chi connectivity index (χ4n) is 2.53. The van der Waals surface area contributed by atoms with Crippen molar-refractivity contribution in [3.8, 4) is 0 Å². The van der Waals surface area contributed by atoms with Gasteiger partial charge in [-0.1, -0.05) is 36.4 Å². The van der Waals surface area contributed by atoms with Gasteiger partial charge < -0.3 is 10.1 Å². The maximum Gasteiger partial charge on any atom is 0.337 e. The largest absolute Gasteiger partial charge is 0.465 e. The summed E-state index contributed by atoms with van der Waals surface area (Å²) in [7, 11) is 1.41. The Kier molecular flexibility index (Phi) is 3.05. The van der Waals surface area contributed by atoms with Gasteiger partial charge in [-0.05, 0) is 28.8 Å². The first-order valence-corrected chi connectivity index (χ1v) is 6.29. The molecule has 0 aromatic heterocycles. The van der Waals surface area contributed by atoms with Crippen LogP contribution >= 0.6 is 0 Å². The van der Waals surface area contributed by atoms with Crippen LogP contribution in [0.15, 0.2) is 48.5 Å². The van der Waals surface area contributed by atoms with Gasteiger partial charge in [-0.2, -0.15) is 0 Å². The fourth-order valence-corrected chi connectivity index (χ4v) is 2.53. The van der Waals surface area contributed by atoms with Crippen LogP contribution in [-0.2, 0) is 11.3 Å². The number of benzene rings is 2. The quantitative estimate of drug-likeness (QED) is 0.836. The van der Waals surface area contributed by atoms with Gasteiger partial charge in [0.2, 0.25) is 0 Å². The van der Waals surface area contributed by atoms with Crippen LogP contribution < -0.4 is 5.32 Å². The first-order valence-electron chi connectivity index (χ1n) is 6.29. The summed E-state index contributed by atoms with van der Waals surface area (Å²) in [6.07, 6.45) is 0. The van der Waals surface area contributed by atoms with Crippen molar-refractivity contribution >= 4 is 5.97 Å². The van der Waals surface area contributed by atoms with Crippen molar-refractivity contribution in [2.75, 3.05) is 7.11 Å². The molecule has 0 saturated heterocycles. The van der Waals surface area contributed by atoms with Crippen LogP contribution in [0.4, 0.5) is 0 Å². The molecule has 2 aromatic carbocycles.